The number of methoxy groups -OCH3 is 2. The van der Waals surface area contributed by atoms with Gasteiger partial charge in [0, 0.05) is 12.0 Å². The molecule has 3 aromatic rings. The molecule has 174 valence electrons. The Morgan fingerprint density at radius 3 is 2.55 bits per heavy atom. The van der Waals surface area contributed by atoms with E-state index >= 15 is 0 Å². The fourth-order valence-electron chi connectivity index (χ4n) is 4.13. The Morgan fingerprint density at radius 2 is 1.88 bits per heavy atom. The van der Waals surface area contributed by atoms with Crippen molar-refractivity contribution in [3.8, 4) is 23.1 Å². The zero-order chi connectivity index (χ0) is 23.9. The summed E-state index contributed by atoms with van der Waals surface area (Å²) in [6, 6.07) is 7.30. The lowest BCUT2D eigenvalue weighted by molar-refractivity contribution is -0.690. The maximum absolute atomic E-state index is 13.2. The summed E-state index contributed by atoms with van der Waals surface area (Å²) in [5.41, 5.74) is 0.0758. The van der Waals surface area contributed by atoms with Gasteiger partial charge < -0.3 is 19.9 Å². The number of nitrogens with one attached hydrogen (secondary N) is 1. The fourth-order valence-corrected chi connectivity index (χ4v) is 4.41. The minimum Gasteiger partial charge on any atom is -0.494 e. The number of rotatable bonds is 4. The molecule has 0 saturated carbocycles. The number of fused-ring (bicyclic) bond motifs is 1. The summed E-state index contributed by atoms with van der Waals surface area (Å²) in [7, 11) is 3.01. The number of ether oxygens (including phenoxy) is 2. The van der Waals surface area contributed by atoms with Crippen LogP contribution in [0.1, 0.15) is 28.3 Å². The van der Waals surface area contributed by atoms with Crippen LogP contribution in [0, 0.1) is 4.77 Å². The Balaban J connectivity index is 1.92. The van der Waals surface area contributed by atoms with Crippen molar-refractivity contribution in [1.82, 2.24) is 9.55 Å². The summed E-state index contributed by atoms with van der Waals surface area (Å²) in [6.45, 7) is 0.616. The molecule has 11 heteroatoms. The van der Waals surface area contributed by atoms with Gasteiger partial charge in [0.25, 0.3) is 5.56 Å². The van der Waals surface area contributed by atoms with Crippen LogP contribution in [0.4, 0.5) is 13.2 Å². The molecule has 4 rings (SSSR count). The van der Waals surface area contributed by atoms with Crippen LogP contribution in [0.25, 0.3) is 5.69 Å². The highest BCUT2D eigenvalue weighted by Crippen LogP contribution is 2.37. The molecule has 2 heterocycles. The van der Waals surface area contributed by atoms with E-state index in [1.165, 1.54) is 26.4 Å². The lowest BCUT2D eigenvalue weighted by Crippen LogP contribution is -2.87. The smallest absolute Gasteiger partial charge is 0.416 e. The van der Waals surface area contributed by atoms with Crippen LogP contribution in [0.3, 0.4) is 0 Å². The van der Waals surface area contributed by atoms with E-state index in [-0.39, 0.29) is 16.0 Å². The first kappa shape index (κ1) is 22.9. The number of H-pyrrole nitrogens is 1. The van der Waals surface area contributed by atoms with Crippen LogP contribution in [0.5, 0.6) is 17.4 Å². The Morgan fingerprint density at radius 1 is 1.18 bits per heavy atom. The van der Waals surface area contributed by atoms with Gasteiger partial charge >= 0.3 is 6.18 Å². The van der Waals surface area contributed by atoms with E-state index in [4.69, 9.17) is 21.7 Å². The zero-order valence-corrected chi connectivity index (χ0v) is 18.5. The molecule has 0 unspecified atom stereocenters. The van der Waals surface area contributed by atoms with Gasteiger partial charge in [-0.05, 0) is 48.1 Å². The Bertz CT molecular complexity index is 1330. The molecular formula is C22H21F3N3O4S+. The van der Waals surface area contributed by atoms with E-state index in [1.807, 2.05) is 11.4 Å². The first-order valence-electron chi connectivity index (χ1n) is 9.99. The van der Waals surface area contributed by atoms with Crippen LogP contribution in [0.15, 0.2) is 41.2 Å². The quantitative estimate of drug-likeness (QED) is 0.500. The molecule has 0 amide bonds. The van der Waals surface area contributed by atoms with E-state index in [0.29, 0.717) is 24.5 Å². The molecule has 0 fully saturated rings. The third kappa shape index (κ3) is 4.09. The molecule has 1 atom stereocenters. The van der Waals surface area contributed by atoms with E-state index in [0.717, 1.165) is 27.8 Å². The van der Waals surface area contributed by atoms with Gasteiger partial charge in [0.15, 0.2) is 16.3 Å². The second kappa shape index (κ2) is 8.56. The Labute approximate surface area is 191 Å². The average molecular weight is 480 g/mol. The van der Waals surface area contributed by atoms with Crippen LogP contribution >= 0.6 is 12.2 Å². The minimum absolute atomic E-state index is 0.0193. The zero-order valence-electron chi connectivity index (χ0n) is 17.7. The second-order valence-electron chi connectivity index (χ2n) is 7.54. The van der Waals surface area contributed by atoms with Gasteiger partial charge in [0.05, 0.1) is 32.0 Å². The molecule has 0 radical (unpaired) electrons. The highest BCUT2D eigenvalue weighted by atomic mass is 32.1. The number of alkyl halides is 3. The van der Waals surface area contributed by atoms with Gasteiger partial charge in [-0.25, -0.2) is 0 Å². The van der Waals surface area contributed by atoms with Crippen molar-refractivity contribution in [2.24, 2.45) is 0 Å². The molecule has 0 bridgehead atoms. The Hall–Kier alpha value is -3.31. The number of benzene rings is 2. The van der Waals surface area contributed by atoms with Gasteiger partial charge in [-0.2, -0.15) is 13.2 Å². The standard InChI is InChI=1S/C22H20F3N3O4S/c1-31-15-8-11-6-7-26-18(14(11)10-16(15)32-2)17-19(29)27-21(33)28(20(17)30)13-5-3-4-12(9-13)22(23,24)25/h3-5,8-10,18,26,30H,6-7H2,1-2H3,(H,27,29,33)/p+1/t18-/m0/s1. The third-order valence-electron chi connectivity index (χ3n) is 5.66. The number of hydrogen-bond donors (Lipinski definition) is 3. The molecule has 1 aliphatic heterocycles. The van der Waals surface area contributed by atoms with Gasteiger partial charge in [0.2, 0.25) is 5.88 Å². The van der Waals surface area contributed by atoms with E-state index in [9.17, 15) is 23.1 Å². The summed E-state index contributed by atoms with van der Waals surface area (Å²) in [5, 5.41) is 13.0. The van der Waals surface area contributed by atoms with Crippen molar-refractivity contribution < 1.29 is 33.1 Å². The number of nitrogens with two attached hydrogens (primary N) is 1. The molecule has 0 aliphatic carbocycles. The molecule has 1 aliphatic rings. The van der Waals surface area contributed by atoms with Crippen molar-refractivity contribution in [3.05, 3.63) is 73.8 Å². The van der Waals surface area contributed by atoms with Gasteiger partial charge in [-0.15, -0.1) is 0 Å². The van der Waals surface area contributed by atoms with Crippen molar-refractivity contribution in [2.75, 3.05) is 20.8 Å². The van der Waals surface area contributed by atoms with Gasteiger partial charge in [-0.3, -0.25) is 14.3 Å². The van der Waals surface area contributed by atoms with Crippen molar-refractivity contribution in [3.63, 3.8) is 0 Å². The predicted octanol–water partition coefficient (Wildman–Crippen LogP) is 2.85. The van der Waals surface area contributed by atoms with Crippen LogP contribution in [-0.2, 0) is 12.6 Å². The predicted molar refractivity (Wildman–Crippen MR) is 116 cm³/mol. The summed E-state index contributed by atoms with van der Waals surface area (Å²) < 4.78 is 51.3. The lowest BCUT2D eigenvalue weighted by atomic mass is 9.90. The summed E-state index contributed by atoms with van der Waals surface area (Å²) >= 11 is 5.18. The van der Waals surface area contributed by atoms with Crippen molar-refractivity contribution >= 4 is 12.2 Å². The highest BCUT2D eigenvalue weighted by Gasteiger charge is 2.34. The van der Waals surface area contributed by atoms with Gasteiger partial charge in [-0.1, -0.05) is 6.07 Å². The fraction of sp³-hybridized carbons (Fsp3) is 0.273. The SMILES string of the molecule is COc1cc2c(cc1OC)[C@@H](c1c(O)n(-c3cccc(C(F)(F)F)c3)c(=S)[nH]c1=O)[NH2+]CC2. The van der Waals surface area contributed by atoms with E-state index in [2.05, 4.69) is 4.98 Å². The number of aromatic nitrogens is 2. The molecular weight excluding hydrogens is 459 g/mol. The minimum atomic E-state index is -4.58. The number of quaternary nitrogens is 1. The Kier molecular flexibility index (Phi) is 5.93. The van der Waals surface area contributed by atoms with Crippen LogP contribution < -0.4 is 20.3 Å². The monoisotopic (exact) mass is 480 g/mol. The molecule has 0 spiro atoms. The number of aromatic hydroxyl groups is 1. The topological polar surface area (TPSA) is 93.1 Å². The first-order chi connectivity index (χ1) is 15.7. The van der Waals surface area contributed by atoms with Crippen molar-refractivity contribution in [1.29, 1.82) is 0 Å². The van der Waals surface area contributed by atoms with E-state index < -0.39 is 29.2 Å². The number of nitrogens with zero attached hydrogens (tertiary/aromatic N) is 1. The molecule has 4 N–H and O–H groups in total. The first-order valence-corrected chi connectivity index (χ1v) is 10.4. The molecule has 2 aromatic carbocycles. The maximum atomic E-state index is 13.2. The molecule has 33 heavy (non-hydrogen) atoms. The molecule has 1 aromatic heterocycles. The number of halogens is 3. The number of hydrogen-bond acceptors (Lipinski definition) is 5. The van der Waals surface area contributed by atoms with Crippen LogP contribution in [0.2, 0.25) is 0 Å². The molecule has 7 nitrogen and oxygen atoms in total. The largest absolute Gasteiger partial charge is 0.494 e. The summed E-state index contributed by atoms with van der Waals surface area (Å²) in [5.74, 6) is 0.472. The average Bonchev–Trinajstić information content (AvgIpc) is 2.77. The highest BCUT2D eigenvalue weighted by molar-refractivity contribution is 7.71. The maximum Gasteiger partial charge on any atom is 0.416 e. The van der Waals surface area contributed by atoms with Gasteiger partial charge in [0.1, 0.15) is 11.6 Å². The van der Waals surface area contributed by atoms with Crippen molar-refractivity contribution in [2.45, 2.75) is 18.6 Å². The third-order valence-corrected chi connectivity index (χ3v) is 5.94. The summed E-state index contributed by atoms with van der Waals surface area (Å²) in [6.07, 6.45) is -3.89. The van der Waals surface area contributed by atoms with Crippen LogP contribution in [-0.4, -0.2) is 35.4 Å². The summed E-state index contributed by atoms with van der Waals surface area (Å²) in [4.78, 5) is 15.4. The lowest BCUT2D eigenvalue weighted by Gasteiger charge is -2.26. The second-order valence-corrected chi connectivity index (χ2v) is 7.92. The number of aromatic amines is 1. The van der Waals surface area contributed by atoms with E-state index in [1.54, 1.807) is 6.07 Å². The molecule has 0 saturated heterocycles. The normalized spacial score (nSPS) is 15.7.